The van der Waals surface area contributed by atoms with E-state index in [1.807, 2.05) is 6.92 Å². The maximum Gasteiger partial charge on any atom is 0.227 e. The zero-order valence-electron chi connectivity index (χ0n) is 20.1. The quantitative estimate of drug-likeness (QED) is 0.692. The van der Waals surface area contributed by atoms with Gasteiger partial charge in [0.2, 0.25) is 11.8 Å². The average Bonchev–Trinajstić information content (AvgIpc) is 3.49. The second kappa shape index (κ2) is 8.26. The van der Waals surface area contributed by atoms with E-state index in [1.54, 1.807) is 0 Å². The minimum absolute atomic E-state index is 0.169. The molecule has 2 aromatic rings. The third kappa shape index (κ3) is 3.85. The molecule has 0 aromatic carbocycles. The van der Waals surface area contributed by atoms with Crippen molar-refractivity contribution in [3.63, 3.8) is 0 Å². The van der Waals surface area contributed by atoms with Crippen LogP contribution < -0.4 is 9.80 Å². The molecule has 4 heterocycles. The number of hydrogen-bond acceptors (Lipinski definition) is 9. The van der Waals surface area contributed by atoms with Gasteiger partial charge in [0, 0.05) is 51.1 Å². The van der Waals surface area contributed by atoms with Crippen LogP contribution >= 0.6 is 0 Å². The number of likely N-dealkylation sites (tertiary alicyclic amines) is 1. The van der Waals surface area contributed by atoms with E-state index in [2.05, 4.69) is 57.9 Å². The third-order valence-corrected chi connectivity index (χ3v) is 7.67. The van der Waals surface area contributed by atoms with E-state index in [0.717, 1.165) is 63.8 Å². The van der Waals surface area contributed by atoms with E-state index in [-0.39, 0.29) is 5.41 Å². The first-order chi connectivity index (χ1) is 15.3. The van der Waals surface area contributed by atoms with Crippen LogP contribution in [-0.2, 0) is 18.4 Å². The second-order valence-electron chi connectivity index (χ2n) is 10.2. The van der Waals surface area contributed by atoms with Crippen LogP contribution in [0, 0.1) is 6.92 Å². The van der Waals surface area contributed by atoms with Crippen LogP contribution in [0.25, 0.3) is 0 Å². The van der Waals surface area contributed by atoms with Crippen LogP contribution in [-0.4, -0.2) is 90.3 Å². The lowest BCUT2D eigenvalue weighted by Crippen LogP contribution is -2.42. The molecule has 32 heavy (non-hydrogen) atoms. The van der Waals surface area contributed by atoms with E-state index in [9.17, 15) is 0 Å². The van der Waals surface area contributed by atoms with Crippen LogP contribution in [0.1, 0.15) is 48.7 Å². The summed E-state index contributed by atoms with van der Waals surface area (Å²) in [6.07, 6.45) is 5.71. The fraction of sp³-hybridized carbons (Fsp3) is 0.739. The van der Waals surface area contributed by atoms with Crippen molar-refractivity contribution in [3.05, 3.63) is 23.0 Å². The summed E-state index contributed by atoms with van der Waals surface area (Å²) in [6, 6.07) is 0.593. The van der Waals surface area contributed by atoms with Gasteiger partial charge in [-0.2, -0.15) is 9.97 Å². The number of hydrogen-bond donors (Lipinski definition) is 0. The second-order valence-corrected chi connectivity index (χ2v) is 10.2. The molecule has 1 spiro atoms. The molecular weight excluding hydrogens is 404 g/mol. The topological polar surface area (TPSA) is 77.7 Å². The third-order valence-electron chi connectivity index (χ3n) is 7.67. The Kier molecular flexibility index (Phi) is 5.57. The summed E-state index contributed by atoms with van der Waals surface area (Å²) in [6.45, 7) is 6.81. The summed E-state index contributed by atoms with van der Waals surface area (Å²) in [4.78, 5) is 23.9. The van der Waals surface area contributed by atoms with Crippen LogP contribution in [0.3, 0.4) is 0 Å². The van der Waals surface area contributed by atoms with Gasteiger partial charge in [0.1, 0.15) is 5.82 Å². The summed E-state index contributed by atoms with van der Waals surface area (Å²) in [7, 11) is 8.47. The van der Waals surface area contributed by atoms with Gasteiger partial charge >= 0.3 is 0 Å². The van der Waals surface area contributed by atoms with Gasteiger partial charge in [-0.3, -0.25) is 4.90 Å². The molecule has 2 aromatic heterocycles. The number of piperidine rings is 1. The van der Waals surface area contributed by atoms with Crippen LogP contribution in [0.15, 0.2) is 4.52 Å². The Morgan fingerprint density at radius 3 is 2.44 bits per heavy atom. The van der Waals surface area contributed by atoms with Crippen molar-refractivity contribution in [2.45, 2.75) is 57.0 Å². The molecule has 0 unspecified atom stereocenters. The van der Waals surface area contributed by atoms with Gasteiger partial charge in [-0.1, -0.05) is 5.16 Å². The number of anilines is 2. The molecule has 0 radical (unpaired) electrons. The Morgan fingerprint density at radius 2 is 1.81 bits per heavy atom. The molecule has 1 aliphatic carbocycles. The molecule has 9 heteroatoms. The van der Waals surface area contributed by atoms with E-state index in [0.29, 0.717) is 11.9 Å². The van der Waals surface area contributed by atoms with Gasteiger partial charge in [0.15, 0.2) is 5.82 Å². The average molecular weight is 441 g/mol. The van der Waals surface area contributed by atoms with Crippen molar-refractivity contribution in [1.82, 2.24) is 29.9 Å². The summed E-state index contributed by atoms with van der Waals surface area (Å²) in [5.41, 5.74) is 2.88. The molecular formula is C23H36N8O. The first-order valence-corrected chi connectivity index (χ1v) is 11.9. The number of fused-ring (bicyclic) bond motifs is 2. The van der Waals surface area contributed by atoms with Crippen LogP contribution in [0.2, 0.25) is 0 Å². The largest absolute Gasteiger partial charge is 0.355 e. The van der Waals surface area contributed by atoms with Crippen molar-refractivity contribution < 1.29 is 4.52 Å². The van der Waals surface area contributed by atoms with Crippen molar-refractivity contribution in [2.75, 3.05) is 64.2 Å². The Morgan fingerprint density at radius 1 is 1.03 bits per heavy atom. The molecule has 2 fully saturated rings. The summed E-state index contributed by atoms with van der Waals surface area (Å²) < 4.78 is 5.15. The van der Waals surface area contributed by atoms with E-state index < -0.39 is 0 Å². The minimum Gasteiger partial charge on any atom is -0.355 e. The molecule has 0 N–H and O–H groups in total. The smallest absolute Gasteiger partial charge is 0.227 e. The van der Waals surface area contributed by atoms with Crippen molar-refractivity contribution in [3.8, 4) is 0 Å². The summed E-state index contributed by atoms with van der Waals surface area (Å²) in [5, 5.41) is 4.08. The summed E-state index contributed by atoms with van der Waals surface area (Å²) >= 11 is 0. The highest BCUT2D eigenvalue weighted by atomic mass is 16.5. The first kappa shape index (κ1) is 21.6. The SMILES string of the molecule is Cc1nc(CN2CCC3(CCc4c(N5CC[C@H](N(C)C)C5)nc(N(C)C)nc43)CC2)no1. The van der Waals surface area contributed by atoms with Crippen molar-refractivity contribution in [2.24, 2.45) is 0 Å². The Bertz CT molecular complexity index is 963. The maximum atomic E-state index is 5.15. The highest BCUT2D eigenvalue weighted by Gasteiger charge is 2.45. The number of nitrogens with zero attached hydrogens (tertiary/aromatic N) is 8. The van der Waals surface area contributed by atoms with Crippen LogP contribution in [0.5, 0.6) is 0 Å². The van der Waals surface area contributed by atoms with Gasteiger partial charge in [0.25, 0.3) is 0 Å². The molecule has 3 aliphatic rings. The lowest BCUT2D eigenvalue weighted by molar-refractivity contribution is 0.146. The normalized spacial score (nSPS) is 22.8. The lowest BCUT2D eigenvalue weighted by atomic mass is 9.76. The monoisotopic (exact) mass is 440 g/mol. The van der Waals surface area contributed by atoms with Crippen molar-refractivity contribution >= 4 is 11.8 Å². The lowest BCUT2D eigenvalue weighted by Gasteiger charge is -2.39. The van der Waals surface area contributed by atoms with E-state index in [1.165, 1.54) is 29.9 Å². The fourth-order valence-electron chi connectivity index (χ4n) is 5.66. The Balaban J connectivity index is 1.39. The molecule has 2 aliphatic heterocycles. The molecule has 5 rings (SSSR count). The Labute approximate surface area is 190 Å². The molecule has 0 amide bonds. The molecule has 174 valence electrons. The highest BCUT2D eigenvalue weighted by molar-refractivity contribution is 5.58. The van der Waals surface area contributed by atoms with Crippen molar-refractivity contribution in [1.29, 1.82) is 0 Å². The standard InChI is InChI=1S/C23H36N8O/c1-16-24-19(27-32-16)15-30-12-9-23(10-13-30)8-6-18-20(23)25-22(29(4)5)26-21(18)31-11-7-17(14-31)28(2)3/h17H,6-15H2,1-5H3/t17-/m0/s1. The molecule has 0 bridgehead atoms. The molecule has 0 saturated carbocycles. The van der Waals surface area contributed by atoms with Gasteiger partial charge in [-0.15, -0.1) is 0 Å². The van der Waals surface area contributed by atoms with Gasteiger partial charge in [-0.05, 0) is 59.3 Å². The van der Waals surface area contributed by atoms with E-state index >= 15 is 0 Å². The fourth-order valence-corrected chi connectivity index (χ4v) is 5.66. The first-order valence-electron chi connectivity index (χ1n) is 11.9. The Hall–Kier alpha value is -2.26. The zero-order valence-corrected chi connectivity index (χ0v) is 20.1. The van der Waals surface area contributed by atoms with Gasteiger partial charge < -0.3 is 19.2 Å². The van der Waals surface area contributed by atoms with Gasteiger partial charge in [-0.25, -0.2) is 4.98 Å². The number of aromatic nitrogens is 4. The maximum absolute atomic E-state index is 5.15. The number of aryl methyl sites for hydroxylation is 1. The number of rotatable bonds is 5. The molecule has 9 nitrogen and oxygen atoms in total. The minimum atomic E-state index is 0.169. The van der Waals surface area contributed by atoms with Crippen LogP contribution in [0.4, 0.5) is 11.8 Å². The molecule has 1 atom stereocenters. The summed E-state index contributed by atoms with van der Waals surface area (Å²) in [5.74, 6) is 3.45. The number of likely N-dealkylation sites (N-methyl/N-ethyl adjacent to an activating group) is 1. The van der Waals surface area contributed by atoms with E-state index in [4.69, 9.17) is 14.5 Å². The van der Waals surface area contributed by atoms with Gasteiger partial charge in [0.05, 0.1) is 12.2 Å². The highest BCUT2D eigenvalue weighted by Crippen LogP contribution is 2.48. The predicted octanol–water partition coefficient (Wildman–Crippen LogP) is 1.85. The molecule has 2 saturated heterocycles. The zero-order chi connectivity index (χ0) is 22.5. The predicted molar refractivity (Wildman–Crippen MR) is 124 cm³/mol.